The molecule has 0 unspecified atom stereocenters. The van der Waals surface area contributed by atoms with Gasteiger partial charge in [-0.25, -0.2) is 0 Å². The third kappa shape index (κ3) is 4.03. The fourth-order valence-corrected chi connectivity index (χ4v) is 3.79. The number of fused-ring (bicyclic) bond motifs is 1. The zero-order chi connectivity index (χ0) is 21.5. The van der Waals surface area contributed by atoms with Crippen molar-refractivity contribution in [2.24, 2.45) is 0 Å². The average Bonchev–Trinajstić information content (AvgIpc) is 2.94. The monoisotopic (exact) mass is 462 g/mol. The number of hydrogen-bond acceptors (Lipinski definition) is 3. The lowest BCUT2D eigenvalue weighted by molar-refractivity contribution is -0.114. The average molecular weight is 463 g/mol. The summed E-state index contributed by atoms with van der Waals surface area (Å²) in [4.78, 5) is 26.7. The maximum absolute atomic E-state index is 12.7. The van der Waals surface area contributed by atoms with Gasteiger partial charge in [0.2, 0.25) is 0 Å². The van der Waals surface area contributed by atoms with Crippen LogP contribution in [0.2, 0.25) is 0 Å². The highest BCUT2D eigenvalue weighted by molar-refractivity contribution is 9.10. The fourth-order valence-electron chi connectivity index (χ4n) is 3.52. The number of amides is 1. The van der Waals surface area contributed by atoms with Gasteiger partial charge in [-0.15, -0.1) is 0 Å². The maximum Gasteiger partial charge on any atom is 0.299 e. The highest BCUT2D eigenvalue weighted by Gasteiger charge is 2.36. The van der Waals surface area contributed by atoms with E-state index in [-0.39, 0.29) is 5.41 Å². The molecule has 0 atom stereocenters. The van der Waals surface area contributed by atoms with Crippen LogP contribution in [0.1, 0.15) is 42.3 Å². The third-order valence-corrected chi connectivity index (χ3v) is 5.79. The molecule has 1 aliphatic heterocycles. The first kappa shape index (κ1) is 20.4. The summed E-state index contributed by atoms with van der Waals surface area (Å²) in [5.74, 6) is -0.933. The van der Waals surface area contributed by atoms with Gasteiger partial charge in [0.15, 0.2) is 0 Å². The SMILES string of the molecule is CC(C)(C)c1ccc(CN2C(=O)C(=O)c3ccc(Nc4ccc(Br)cc4)cc32)cc1. The van der Waals surface area contributed by atoms with Crippen molar-refractivity contribution in [2.75, 3.05) is 10.2 Å². The van der Waals surface area contributed by atoms with Crippen molar-refractivity contribution >= 4 is 44.7 Å². The van der Waals surface area contributed by atoms with Gasteiger partial charge in [0.1, 0.15) is 0 Å². The van der Waals surface area contributed by atoms with Crippen LogP contribution in [0.5, 0.6) is 0 Å². The van der Waals surface area contributed by atoms with Crippen molar-refractivity contribution in [3.63, 3.8) is 0 Å². The van der Waals surface area contributed by atoms with Crippen LogP contribution in [-0.2, 0) is 16.8 Å². The Morgan fingerprint density at radius 3 is 2.13 bits per heavy atom. The highest BCUT2D eigenvalue weighted by Crippen LogP contribution is 2.34. The lowest BCUT2D eigenvalue weighted by atomic mass is 9.87. The van der Waals surface area contributed by atoms with Crippen molar-refractivity contribution < 1.29 is 9.59 Å². The summed E-state index contributed by atoms with van der Waals surface area (Å²) < 4.78 is 1.00. The van der Waals surface area contributed by atoms with Gasteiger partial charge >= 0.3 is 0 Å². The first-order chi connectivity index (χ1) is 14.2. The van der Waals surface area contributed by atoms with Crippen molar-refractivity contribution in [3.05, 3.63) is 87.9 Å². The maximum atomic E-state index is 12.7. The van der Waals surface area contributed by atoms with E-state index in [2.05, 4.69) is 54.2 Å². The van der Waals surface area contributed by atoms with Gasteiger partial charge < -0.3 is 10.2 Å². The van der Waals surface area contributed by atoms with Crippen LogP contribution in [-0.4, -0.2) is 11.7 Å². The molecular formula is C25H23BrN2O2. The second-order valence-corrected chi connectivity index (χ2v) is 9.45. The zero-order valence-corrected chi connectivity index (χ0v) is 18.8. The van der Waals surface area contributed by atoms with Crippen LogP contribution >= 0.6 is 15.9 Å². The molecule has 3 aromatic rings. The molecule has 0 spiro atoms. The molecule has 1 heterocycles. The molecule has 1 N–H and O–H groups in total. The van der Waals surface area contributed by atoms with E-state index in [0.717, 1.165) is 21.4 Å². The molecule has 0 bridgehead atoms. The summed E-state index contributed by atoms with van der Waals surface area (Å²) in [5.41, 5.74) is 5.14. The number of halogens is 1. The lowest BCUT2D eigenvalue weighted by Gasteiger charge is -2.21. The molecule has 0 saturated carbocycles. The molecule has 1 aliphatic rings. The zero-order valence-electron chi connectivity index (χ0n) is 17.2. The normalized spacial score (nSPS) is 13.5. The summed E-state index contributed by atoms with van der Waals surface area (Å²) >= 11 is 3.43. The molecule has 152 valence electrons. The molecule has 1 amide bonds. The minimum Gasteiger partial charge on any atom is -0.355 e. The molecule has 4 nitrogen and oxygen atoms in total. The number of anilines is 3. The number of nitrogens with zero attached hydrogens (tertiary/aromatic N) is 1. The highest BCUT2D eigenvalue weighted by atomic mass is 79.9. The lowest BCUT2D eigenvalue weighted by Crippen LogP contribution is -2.29. The minimum atomic E-state index is -0.481. The first-order valence-corrected chi connectivity index (χ1v) is 10.6. The van der Waals surface area contributed by atoms with Crippen LogP contribution in [0.25, 0.3) is 0 Å². The largest absolute Gasteiger partial charge is 0.355 e. The molecule has 0 saturated heterocycles. The predicted molar refractivity (Wildman–Crippen MR) is 125 cm³/mol. The topological polar surface area (TPSA) is 49.4 Å². The summed E-state index contributed by atoms with van der Waals surface area (Å²) in [6.07, 6.45) is 0. The molecular weight excluding hydrogens is 440 g/mol. The summed E-state index contributed by atoms with van der Waals surface area (Å²) in [6, 6.07) is 21.5. The van der Waals surface area contributed by atoms with Gasteiger partial charge in [-0.05, 0) is 59.0 Å². The summed E-state index contributed by atoms with van der Waals surface area (Å²) in [6.45, 7) is 6.87. The molecule has 4 rings (SSSR count). The summed E-state index contributed by atoms with van der Waals surface area (Å²) in [7, 11) is 0. The van der Waals surface area contributed by atoms with E-state index >= 15 is 0 Å². The van der Waals surface area contributed by atoms with Gasteiger partial charge in [-0.2, -0.15) is 0 Å². The van der Waals surface area contributed by atoms with E-state index in [4.69, 9.17) is 0 Å². The van der Waals surface area contributed by atoms with Gasteiger partial charge in [-0.3, -0.25) is 9.59 Å². The van der Waals surface area contributed by atoms with E-state index in [1.165, 1.54) is 5.56 Å². The van der Waals surface area contributed by atoms with E-state index in [9.17, 15) is 9.59 Å². The van der Waals surface area contributed by atoms with Gasteiger partial charge in [-0.1, -0.05) is 61.0 Å². The Hall–Kier alpha value is -2.92. The number of carbonyl (C=O) groups is 2. The Morgan fingerprint density at radius 1 is 0.867 bits per heavy atom. The van der Waals surface area contributed by atoms with Crippen molar-refractivity contribution in [3.8, 4) is 0 Å². The number of ketones is 1. The third-order valence-electron chi connectivity index (χ3n) is 5.27. The molecule has 0 radical (unpaired) electrons. The molecule has 30 heavy (non-hydrogen) atoms. The van der Waals surface area contributed by atoms with Crippen LogP contribution in [0.15, 0.2) is 71.2 Å². The first-order valence-electron chi connectivity index (χ1n) is 9.84. The number of benzene rings is 3. The van der Waals surface area contributed by atoms with Gasteiger partial charge in [0.25, 0.3) is 11.7 Å². The number of nitrogens with one attached hydrogen (secondary N) is 1. The molecule has 3 aromatic carbocycles. The summed E-state index contributed by atoms with van der Waals surface area (Å²) in [5, 5.41) is 3.33. The smallest absolute Gasteiger partial charge is 0.299 e. The van der Waals surface area contributed by atoms with Gasteiger partial charge in [0.05, 0.1) is 17.8 Å². The molecule has 0 aliphatic carbocycles. The van der Waals surface area contributed by atoms with E-state index < -0.39 is 11.7 Å². The van der Waals surface area contributed by atoms with Crippen LogP contribution in [0, 0.1) is 0 Å². The second kappa shape index (κ2) is 7.73. The second-order valence-electron chi connectivity index (χ2n) is 8.53. The molecule has 5 heteroatoms. The van der Waals surface area contributed by atoms with Crippen molar-refractivity contribution in [1.29, 1.82) is 0 Å². The number of Topliss-reactive ketones (excluding diaryl/α,β-unsaturated/α-hetero) is 1. The Kier molecular flexibility index (Phi) is 5.24. The van der Waals surface area contributed by atoms with Crippen LogP contribution < -0.4 is 10.2 Å². The Morgan fingerprint density at radius 2 is 1.50 bits per heavy atom. The molecule has 0 aromatic heterocycles. The molecule has 0 fully saturated rings. The number of hydrogen-bond donors (Lipinski definition) is 1. The van der Waals surface area contributed by atoms with Crippen molar-refractivity contribution in [2.45, 2.75) is 32.7 Å². The van der Waals surface area contributed by atoms with E-state index in [1.54, 1.807) is 11.0 Å². The quantitative estimate of drug-likeness (QED) is 0.468. The van der Waals surface area contributed by atoms with E-state index in [1.807, 2.05) is 48.5 Å². The number of rotatable bonds is 4. The minimum absolute atomic E-state index is 0.0676. The Bertz CT molecular complexity index is 1110. The van der Waals surface area contributed by atoms with Gasteiger partial charge in [0, 0.05) is 15.8 Å². The Balaban J connectivity index is 1.60. The predicted octanol–water partition coefficient (Wildman–Crippen LogP) is 6.22. The fraction of sp³-hybridized carbons (Fsp3) is 0.200. The van der Waals surface area contributed by atoms with Crippen LogP contribution in [0.4, 0.5) is 17.1 Å². The van der Waals surface area contributed by atoms with Crippen LogP contribution in [0.3, 0.4) is 0 Å². The van der Waals surface area contributed by atoms with E-state index in [0.29, 0.717) is 17.8 Å². The van der Waals surface area contributed by atoms with Crippen molar-refractivity contribution in [1.82, 2.24) is 0 Å². The number of carbonyl (C=O) groups excluding carboxylic acids is 2. The standard InChI is InChI=1S/C25H23BrN2O2/c1-25(2,3)17-6-4-16(5-7-17)15-28-22-14-20(12-13-21(22)23(29)24(28)30)27-19-10-8-18(26)9-11-19/h4-14,27H,15H2,1-3H3. The Labute approximate surface area is 185 Å².